The fourth-order valence-corrected chi connectivity index (χ4v) is 4.40. The minimum Gasteiger partial charge on any atom is -0.481 e. The fourth-order valence-electron chi connectivity index (χ4n) is 3.86. The number of aliphatic carboxylic acids is 1. The van der Waals surface area contributed by atoms with Crippen LogP contribution < -0.4 is 0 Å². The lowest BCUT2D eigenvalue weighted by Crippen LogP contribution is -2.38. The van der Waals surface area contributed by atoms with E-state index in [0.717, 1.165) is 12.8 Å². The number of carboxylic acid groups (broad SMARTS) is 1. The molecule has 1 saturated carbocycles. The van der Waals surface area contributed by atoms with Crippen molar-refractivity contribution in [2.45, 2.75) is 25.4 Å². The molecule has 1 saturated heterocycles. The summed E-state index contributed by atoms with van der Waals surface area (Å²) in [6, 6.07) is 4.49. The van der Waals surface area contributed by atoms with Crippen molar-refractivity contribution < 1.29 is 19.8 Å². The maximum atomic E-state index is 12.6. The maximum Gasteiger partial charge on any atom is 0.311 e. The topological polar surface area (TPSA) is 77.8 Å². The molecule has 2 aliphatic rings. The number of carbonyl (C=O) groups excluding carboxylic acids is 1. The van der Waals surface area contributed by atoms with E-state index < -0.39 is 23.4 Å². The van der Waals surface area contributed by atoms with Gasteiger partial charge in [-0.3, -0.25) is 9.59 Å². The number of aliphatic hydroxyl groups is 1. The molecule has 1 aliphatic carbocycles. The molecule has 0 radical (unpaired) electrons. The lowest BCUT2D eigenvalue weighted by atomic mass is 9.81. The molecular weight excluding hydrogens is 341 g/mol. The van der Waals surface area contributed by atoms with Gasteiger partial charge in [-0.2, -0.15) is 0 Å². The summed E-state index contributed by atoms with van der Waals surface area (Å²) in [6.07, 6.45) is 0.854. The average molecular weight is 358 g/mol. The highest BCUT2D eigenvalue weighted by Gasteiger charge is 2.56. The Balaban J connectivity index is 1.80. The van der Waals surface area contributed by atoms with E-state index in [1.54, 1.807) is 0 Å². The highest BCUT2D eigenvalue weighted by molar-refractivity contribution is 6.34. The first-order valence-corrected chi connectivity index (χ1v) is 8.25. The molecular formula is C16H17Cl2NO4. The molecule has 23 heavy (non-hydrogen) atoms. The van der Waals surface area contributed by atoms with Gasteiger partial charge in [0.2, 0.25) is 0 Å². The van der Waals surface area contributed by atoms with E-state index in [1.165, 1.54) is 23.1 Å². The third kappa shape index (κ3) is 2.82. The van der Waals surface area contributed by atoms with Crippen LogP contribution in [0.2, 0.25) is 10.0 Å². The Labute approximate surface area is 143 Å². The second-order valence-electron chi connectivity index (χ2n) is 6.37. The zero-order valence-corrected chi connectivity index (χ0v) is 13.8. The van der Waals surface area contributed by atoms with E-state index in [0.29, 0.717) is 28.6 Å². The molecule has 7 heteroatoms. The minimum atomic E-state index is -1.39. The van der Waals surface area contributed by atoms with Gasteiger partial charge in [0.05, 0.1) is 5.41 Å². The van der Waals surface area contributed by atoms with Crippen LogP contribution in [0.1, 0.15) is 30.9 Å². The predicted octanol–water partition coefficient (Wildman–Crippen LogP) is 2.74. The van der Waals surface area contributed by atoms with Gasteiger partial charge in [-0.15, -0.1) is 0 Å². The number of nitrogens with zero attached hydrogens (tertiary/aromatic N) is 1. The van der Waals surface area contributed by atoms with Crippen LogP contribution in [-0.2, 0) is 9.59 Å². The molecule has 3 atom stereocenters. The number of carbonyl (C=O) groups is 2. The van der Waals surface area contributed by atoms with Gasteiger partial charge in [-0.1, -0.05) is 29.6 Å². The number of hydrogen-bond donors (Lipinski definition) is 2. The first-order valence-electron chi connectivity index (χ1n) is 7.50. The molecule has 1 heterocycles. The van der Waals surface area contributed by atoms with Crippen LogP contribution >= 0.6 is 23.2 Å². The van der Waals surface area contributed by atoms with Gasteiger partial charge in [0, 0.05) is 23.1 Å². The Morgan fingerprint density at radius 2 is 1.91 bits per heavy atom. The molecule has 0 bridgehead atoms. The van der Waals surface area contributed by atoms with Crippen molar-refractivity contribution in [2.75, 3.05) is 13.1 Å². The van der Waals surface area contributed by atoms with Crippen LogP contribution in [-0.4, -0.2) is 40.1 Å². The Morgan fingerprint density at radius 1 is 1.26 bits per heavy atom. The van der Waals surface area contributed by atoms with Crippen molar-refractivity contribution in [2.24, 2.45) is 11.3 Å². The summed E-state index contributed by atoms with van der Waals surface area (Å²) in [6.45, 7) is 0.522. The van der Waals surface area contributed by atoms with Gasteiger partial charge in [0.1, 0.15) is 0 Å². The largest absolute Gasteiger partial charge is 0.481 e. The molecule has 3 rings (SSSR count). The van der Waals surface area contributed by atoms with E-state index in [4.69, 9.17) is 23.2 Å². The normalized spacial score (nSPS) is 27.8. The number of aliphatic hydroxyl groups excluding tert-OH is 1. The predicted molar refractivity (Wildman–Crippen MR) is 85.4 cm³/mol. The van der Waals surface area contributed by atoms with Gasteiger partial charge >= 0.3 is 5.97 Å². The quantitative estimate of drug-likeness (QED) is 0.871. The number of amides is 1. The molecule has 0 spiro atoms. The van der Waals surface area contributed by atoms with Gasteiger partial charge in [0.25, 0.3) is 5.91 Å². The van der Waals surface area contributed by atoms with Gasteiger partial charge in [-0.05, 0) is 42.5 Å². The summed E-state index contributed by atoms with van der Waals surface area (Å²) in [5.41, 5.74) is -0.546. The van der Waals surface area contributed by atoms with Gasteiger partial charge < -0.3 is 15.1 Å². The van der Waals surface area contributed by atoms with Gasteiger partial charge in [-0.25, -0.2) is 0 Å². The van der Waals surface area contributed by atoms with Crippen molar-refractivity contribution in [3.05, 3.63) is 33.8 Å². The molecule has 0 aromatic heterocycles. The highest BCUT2D eigenvalue weighted by Crippen LogP contribution is 2.49. The van der Waals surface area contributed by atoms with E-state index in [1.807, 2.05) is 0 Å². The number of carboxylic acids is 1. The first kappa shape index (κ1) is 16.6. The molecule has 1 amide bonds. The lowest BCUT2D eigenvalue weighted by Gasteiger charge is -2.24. The smallest absolute Gasteiger partial charge is 0.311 e. The second kappa shape index (κ2) is 5.96. The summed E-state index contributed by atoms with van der Waals surface area (Å²) in [5, 5.41) is 20.6. The van der Waals surface area contributed by atoms with Crippen molar-refractivity contribution >= 4 is 35.1 Å². The number of halogens is 2. The van der Waals surface area contributed by atoms with Crippen LogP contribution in [0.25, 0.3) is 0 Å². The van der Waals surface area contributed by atoms with Crippen LogP contribution in [0.15, 0.2) is 18.2 Å². The summed E-state index contributed by atoms with van der Waals surface area (Å²) >= 11 is 11.8. The van der Waals surface area contributed by atoms with Crippen LogP contribution in [0, 0.1) is 11.3 Å². The monoisotopic (exact) mass is 357 g/mol. The molecule has 1 aromatic rings. The molecule has 1 unspecified atom stereocenters. The summed E-state index contributed by atoms with van der Waals surface area (Å²) in [7, 11) is 0. The summed E-state index contributed by atoms with van der Waals surface area (Å²) in [4.78, 5) is 25.7. The van der Waals surface area contributed by atoms with Gasteiger partial charge in [0.15, 0.2) is 6.10 Å². The summed E-state index contributed by atoms with van der Waals surface area (Å²) < 4.78 is 0. The number of likely N-dealkylation sites (tertiary alicyclic amines) is 1. The first-order chi connectivity index (χ1) is 10.8. The Hall–Kier alpha value is -1.30. The van der Waals surface area contributed by atoms with Crippen LogP contribution in [0.4, 0.5) is 0 Å². The molecule has 1 aliphatic heterocycles. The Bertz CT molecular complexity index is 645. The third-order valence-corrected chi connectivity index (χ3v) is 5.48. The van der Waals surface area contributed by atoms with Crippen LogP contribution in [0.5, 0.6) is 0 Å². The molecule has 2 fully saturated rings. The summed E-state index contributed by atoms with van der Waals surface area (Å²) in [5.74, 6) is -1.40. The molecule has 124 valence electrons. The zero-order chi connectivity index (χ0) is 16.8. The zero-order valence-electron chi connectivity index (χ0n) is 12.3. The van der Waals surface area contributed by atoms with Crippen LogP contribution in [0.3, 0.4) is 0 Å². The number of benzene rings is 1. The van der Waals surface area contributed by atoms with E-state index >= 15 is 0 Å². The lowest BCUT2D eigenvalue weighted by molar-refractivity contribution is -0.150. The standard InChI is InChI=1S/C16H17Cl2NO4/c17-11-4-9(5-12(18)6-11)13(20)14(21)19-7-10-2-1-3-16(10,8-19)15(22)23/h4-6,10,13,20H,1-3,7-8H2,(H,22,23)/t10-,13?,16+/m0/s1. The number of rotatable bonds is 3. The molecule has 2 N–H and O–H groups in total. The van der Waals surface area contributed by atoms with E-state index in [9.17, 15) is 19.8 Å². The number of hydrogen-bond acceptors (Lipinski definition) is 3. The van der Waals surface area contributed by atoms with Crippen molar-refractivity contribution in [1.29, 1.82) is 0 Å². The molecule has 5 nitrogen and oxygen atoms in total. The van der Waals surface area contributed by atoms with E-state index in [-0.39, 0.29) is 12.5 Å². The van der Waals surface area contributed by atoms with Crippen molar-refractivity contribution in [3.63, 3.8) is 0 Å². The maximum absolute atomic E-state index is 12.6. The highest BCUT2D eigenvalue weighted by atomic mass is 35.5. The molecule has 1 aromatic carbocycles. The SMILES string of the molecule is O=C(C(O)c1cc(Cl)cc(Cl)c1)N1C[C@@H]2CCC[C@@]2(C(=O)O)C1. The fraction of sp³-hybridized carbons (Fsp3) is 0.500. The Kier molecular flexibility index (Phi) is 4.29. The minimum absolute atomic E-state index is 0.0425. The second-order valence-corrected chi connectivity index (χ2v) is 7.25. The Morgan fingerprint density at radius 3 is 2.48 bits per heavy atom. The van der Waals surface area contributed by atoms with Crippen molar-refractivity contribution in [3.8, 4) is 0 Å². The number of fused-ring (bicyclic) bond motifs is 1. The van der Waals surface area contributed by atoms with E-state index in [2.05, 4.69) is 0 Å². The third-order valence-electron chi connectivity index (χ3n) is 5.04. The average Bonchev–Trinajstić information content (AvgIpc) is 3.02. The van der Waals surface area contributed by atoms with Crippen molar-refractivity contribution in [1.82, 2.24) is 4.90 Å².